The Labute approximate surface area is 66.0 Å². The molecule has 2 atom stereocenters. The Balaban J connectivity index is 2.43. The highest BCUT2D eigenvalue weighted by Gasteiger charge is 2.25. The molecule has 0 bridgehead atoms. The quantitative estimate of drug-likeness (QED) is 0.510. The van der Waals surface area contributed by atoms with Crippen LogP contribution in [0.3, 0.4) is 0 Å². The monoisotopic (exact) mass is 158 g/mol. The molecular formula is C7H14N2O2. The highest BCUT2D eigenvalue weighted by molar-refractivity contribution is 5.80. The summed E-state index contributed by atoms with van der Waals surface area (Å²) in [6.07, 6.45) is -0.0429. The Kier molecular flexibility index (Phi) is 2.46. The molecule has 11 heavy (non-hydrogen) atoms. The topological polar surface area (TPSA) is 66.6 Å². The van der Waals surface area contributed by atoms with Crippen molar-refractivity contribution in [2.75, 3.05) is 13.1 Å². The number of amides is 1. The second-order valence-corrected chi connectivity index (χ2v) is 3.01. The number of nitrogens with two attached hydrogens (primary N) is 1. The summed E-state index contributed by atoms with van der Waals surface area (Å²) in [4.78, 5) is 12.7. The van der Waals surface area contributed by atoms with Crippen molar-refractivity contribution in [3.8, 4) is 0 Å². The minimum absolute atomic E-state index is 0.0951. The molecule has 0 aliphatic carbocycles. The van der Waals surface area contributed by atoms with Gasteiger partial charge in [0, 0.05) is 19.1 Å². The van der Waals surface area contributed by atoms with Gasteiger partial charge in [-0.15, -0.1) is 0 Å². The summed E-state index contributed by atoms with van der Waals surface area (Å²) in [5.41, 5.74) is 5.59. The molecule has 3 N–H and O–H groups in total. The molecule has 0 aromatic rings. The molecule has 1 aliphatic rings. The van der Waals surface area contributed by atoms with Crippen LogP contribution in [0.25, 0.3) is 0 Å². The summed E-state index contributed by atoms with van der Waals surface area (Å²) in [5, 5.41) is 8.94. The Morgan fingerprint density at radius 2 is 2.45 bits per heavy atom. The Hall–Kier alpha value is -0.610. The van der Waals surface area contributed by atoms with Crippen LogP contribution in [-0.4, -0.2) is 41.1 Å². The zero-order valence-corrected chi connectivity index (χ0v) is 6.66. The SMILES string of the molecule is C[C@H](O)C(=O)N1CC[C@H](N)C1. The van der Waals surface area contributed by atoms with E-state index in [9.17, 15) is 4.79 Å². The third kappa shape index (κ3) is 1.91. The van der Waals surface area contributed by atoms with Gasteiger partial charge >= 0.3 is 0 Å². The first kappa shape index (κ1) is 8.49. The molecule has 4 heteroatoms. The van der Waals surface area contributed by atoms with Crippen molar-refractivity contribution in [1.82, 2.24) is 4.90 Å². The van der Waals surface area contributed by atoms with E-state index in [1.54, 1.807) is 4.90 Å². The maximum atomic E-state index is 11.1. The van der Waals surface area contributed by atoms with Crippen LogP contribution in [0.1, 0.15) is 13.3 Å². The number of carbonyl (C=O) groups is 1. The highest BCUT2D eigenvalue weighted by atomic mass is 16.3. The molecule has 0 unspecified atom stereocenters. The molecule has 4 nitrogen and oxygen atoms in total. The van der Waals surface area contributed by atoms with Crippen molar-refractivity contribution in [1.29, 1.82) is 0 Å². The van der Waals surface area contributed by atoms with Crippen molar-refractivity contribution in [2.24, 2.45) is 5.73 Å². The zero-order valence-electron chi connectivity index (χ0n) is 6.66. The van der Waals surface area contributed by atoms with Crippen LogP contribution in [0.4, 0.5) is 0 Å². The van der Waals surface area contributed by atoms with Gasteiger partial charge in [0.25, 0.3) is 5.91 Å². The average molecular weight is 158 g/mol. The zero-order chi connectivity index (χ0) is 8.43. The molecule has 1 amide bonds. The van der Waals surface area contributed by atoms with Crippen LogP contribution >= 0.6 is 0 Å². The van der Waals surface area contributed by atoms with Gasteiger partial charge in [-0.2, -0.15) is 0 Å². The molecule has 0 aromatic heterocycles. The minimum atomic E-state index is -0.889. The number of carbonyl (C=O) groups excluding carboxylic acids is 1. The van der Waals surface area contributed by atoms with E-state index in [0.29, 0.717) is 13.1 Å². The molecule has 1 rings (SSSR count). The van der Waals surface area contributed by atoms with Crippen LogP contribution in [0.5, 0.6) is 0 Å². The van der Waals surface area contributed by atoms with Crippen molar-refractivity contribution in [3.63, 3.8) is 0 Å². The van der Waals surface area contributed by atoms with Crippen molar-refractivity contribution in [2.45, 2.75) is 25.5 Å². The molecule has 1 saturated heterocycles. The molecule has 0 spiro atoms. The molecule has 0 radical (unpaired) electrons. The number of hydrogen-bond acceptors (Lipinski definition) is 3. The van der Waals surface area contributed by atoms with E-state index in [4.69, 9.17) is 10.8 Å². The standard InChI is InChI=1S/C7H14N2O2/c1-5(10)7(11)9-3-2-6(8)4-9/h5-6,10H,2-4,8H2,1H3/t5-,6-/m0/s1. The van der Waals surface area contributed by atoms with Gasteiger partial charge in [0.15, 0.2) is 0 Å². The lowest BCUT2D eigenvalue weighted by Gasteiger charge is -2.16. The summed E-state index contributed by atoms with van der Waals surface area (Å²) in [6, 6.07) is 0.0951. The second kappa shape index (κ2) is 3.19. The van der Waals surface area contributed by atoms with Crippen molar-refractivity contribution in [3.05, 3.63) is 0 Å². The van der Waals surface area contributed by atoms with Gasteiger partial charge < -0.3 is 15.7 Å². The predicted molar refractivity (Wildman–Crippen MR) is 40.9 cm³/mol. The van der Waals surface area contributed by atoms with Crippen LogP contribution in [-0.2, 0) is 4.79 Å². The van der Waals surface area contributed by atoms with Gasteiger partial charge in [-0.3, -0.25) is 4.79 Å². The van der Waals surface area contributed by atoms with Crippen molar-refractivity contribution >= 4 is 5.91 Å². The first-order valence-corrected chi connectivity index (χ1v) is 3.83. The summed E-state index contributed by atoms with van der Waals surface area (Å²) in [5.74, 6) is -0.210. The number of nitrogens with zero attached hydrogens (tertiary/aromatic N) is 1. The van der Waals surface area contributed by atoms with E-state index in [0.717, 1.165) is 6.42 Å². The Morgan fingerprint density at radius 1 is 1.82 bits per heavy atom. The molecule has 0 saturated carbocycles. The lowest BCUT2D eigenvalue weighted by atomic mass is 10.3. The molecule has 0 aromatic carbocycles. The number of aliphatic hydroxyl groups is 1. The van der Waals surface area contributed by atoms with Gasteiger partial charge in [0.2, 0.25) is 0 Å². The summed E-state index contributed by atoms with van der Waals surface area (Å²) in [6.45, 7) is 2.75. The van der Waals surface area contributed by atoms with E-state index < -0.39 is 6.10 Å². The molecular weight excluding hydrogens is 144 g/mol. The smallest absolute Gasteiger partial charge is 0.251 e. The van der Waals surface area contributed by atoms with E-state index in [1.165, 1.54) is 6.92 Å². The van der Waals surface area contributed by atoms with Gasteiger partial charge in [0.1, 0.15) is 6.10 Å². The lowest BCUT2D eigenvalue weighted by molar-refractivity contribution is -0.138. The van der Waals surface area contributed by atoms with Crippen LogP contribution in [0, 0.1) is 0 Å². The average Bonchev–Trinajstić information content (AvgIpc) is 2.34. The lowest BCUT2D eigenvalue weighted by Crippen LogP contribution is -2.37. The van der Waals surface area contributed by atoms with Crippen LogP contribution < -0.4 is 5.73 Å². The second-order valence-electron chi connectivity index (χ2n) is 3.01. The summed E-state index contributed by atoms with van der Waals surface area (Å²) in [7, 11) is 0. The molecule has 64 valence electrons. The third-order valence-corrected chi connectivity index (χ3v) is 1.89. The highest BCUT2D eigenvalue weighted by Crippen LogP contribution is 2.07. The number of likely N-dealkylation sites (tertiary alicyclic amines) is 1. The number of hydrogen-bond donors (Lipinski definition) is 2. The fourth-order valence-corrected chi connectivity index (χ4v) is 1.25. The van der Waals surface area contributed by atoms with Crippen LogP contribution in [0.2, 0.25) is 0 Å². The largest absolute Gasteiger partial charge is 0.384 e. The molecule has 1 aliphatic heterocycles. The number of aliphatic hydroxyl groups excluding tert-OH is 1. The maximum absolute atomic E-state index is 11.1. The fraction of sp³-hybridized carbons (Fsp3) is 0.857. The first-order chi connectivity index (χ1) is 5.11. The summed E-state index contributed by atoms with van der Waals surface area (Å²) < 4.78 is 0. The molecule has 1 heterocycles. The van der Waals surface area contributed by atoms with Gasteiger partial charge in [-0.25, -0.2) is 0 Å². The summed E-state index contributed by atoms with van der Waals surface area (Å²) >= 11 is 0. The maximum Gasteiger partial charge on any atom is 0.251 e. The first-order valence-electron chi connectivity index (χ1n) is 3.83. The fourth-order valence-electron chi connectivity index (χ4n) is 1.25. The van der Waals surface area contributed by atoms with Gasteiger partial charge in [0.05, 0.1) is 0 Å². The minimum Gasteiger partial charge on any atom is -0.384 e. The van der Waals surface area contributed by atoms with Gasteiger partial charge in [-0.05, 0) is 13.3 Å². The van der Waals surface area contributed by atoms with Crippen molar-refractivity contribution < 1.29 is 9.90 Å². The van der Waals surface area contributed by atoms with E-state index in [1.807, 2.05) is 0 Å². The third-order valence-electron chi connectivity index (χ3n) is 1.89. The van der Waals surface area contributed by atoms with E-state index >= 15 is 0 Å². The van der Waals surface area contributed by atoms with E-state index in [-0.39, 0.29) is 11.9 Å². The predicted octanol–water partition coefficient (Wildman–Crippen LogP) is -1.07. The normalized spacial score (nSPS) is 27.2. The Bertz CT molecular complexity index is 159. The molecule has 1 fully saturated rings. The van der Waals surface area contributed by atoms with E-state index in [2.05, 4.69) is 0 Å². The van der Waals surface area contributed by atoms with Crippen LogP contribution in [0.15, 0.2) is 0 Å². The Morgan fingerprint density at radius 3 is 2.82 bits per heavy atom. The van der Waals surface area contributed by atoms with Gasteiger partial charge in [-0.1, -0.05) is 0 Å². The number of rotatable bonds is 1.